The maximum absolute atomic E-state index is 12.4. The highest BCUT2D eigenvalue weighted by molar-refractivity contribution is 6.02. The molecule has 22 heavy (non-hydrogen) atoms. The molecule has 0 aromatic heterocycles. The van der Waals surface area contributed by atoms with Gasteiger partial charge in [0.1, 0.15) is 5.60 Å². The molecule has 0 saturated heterocycles. The van der Waals surface area contributed by atoms with Gasteiger partial charge in [-0.2, -0.15) is 8.78 Å². The van der Waals surface area contributed by atoms with Crippen LogP contribution in [0.4, 0.5) is 8.78 Å². The minimum Gasteiger partial charge on any atom is -0.493 e. The summed E-state index contributed by atoms with van der Waals surface area (Å²) in [5.41, 5.74) is 1.49. The van der Waals surface area contributed by atoms with Crippen LogP contribution >= 0.6 is 0 Å². The largest absolute Gasteiger partial charge is 0.493 e. The first-order chi connectivity index (χ1) is 10.6. The molecule has 2 aliphatic rings. The summed E-state index contributed by atoms with van der Waals surface area (Å²) in [6, 6.07) is 4.86. The van der Waals surface area contributed by atoms with Crippen LogP contribution in [0.3, 0.4) is 0 Å². The van der Waals surface area contributed by atoms with Crippen molar-refractivity contribution in [1.29, 1.82) is 0 Å². The van der Waals surface area contributed by atoms with Crippen LogP contribution in [-0.4, -0.2) is 25.0 Å². The Bertz CT molecular complexity index is 569. The number of methoxy groups -OCH3 is 1. The van der Waals surface area contributed by atoms with Crippen molar-refractivity contribution in [1.82, 2.24) is 0 Å². The van der Waals surface area contributed by atoms with Crippen molar-refractivity contribution in [2.24, 2.45) is 5.16 Å². The molecule has 0 unspecified atom stereocenters. The first kappa shape index (κ1) is 15.1. The van der Waals surface area contributed by atoms with E-state index >= 15 is 0 Å². The number of nitrogens with zero attached hydrogens (tertiary/aromatic N) is 1. The lowest BCUT2D eigenvalue weighted by Crippen LogP contribution is -2.31. The molecule has 1 heterocycles. The Hall–Kier alpha value is -1.85. The number of oxime groups is 1. The summed E-state index contributed by atoms with van der Waals surface area (Å²) in [5, 5.41) is 4.22. The summed E-state index contributed by atoms with van der Waals surface area (Å²) in [5.74, 6) is 0.290. The molecule has 0 atom stereocenters. The quantitative estimate of drug-likeness (QED) is 0.839. The molecule has 1 aliphatic heterocycles. The van der Waals surface area contributed by atoms with Crippen LogP contribution in [-0.2, 0) is 4.84 Å². The fourth-order valence-corrected chi connectivity index (χ4v) is 3.18. The van der Waals surface area contributed by atoms with Crippen LogP contribution in [0.5, 0.6) is 11.5 Å². The number of halogens is 2. The Labute approximate surface area is 128 Å². The van der Waals surface area contributed by atoms with Crippen LogP contribution in [0.15, 0.2) is 23.4 Å². The van der Waals surface area contributed by atoms with E-state index in [9.17, 15) is 8.78 Å². The molecule has 0 bridgehead atoms. The van der Waals surface area contributed by atoms with E-state index in [-0.39, 0.29) is 17.1 Å². The lowest BCUT2D eigenvalue weighted by atomic mass is 9.81. The zero-order chi connectivity index (χ0) is 15.6. The molecule has 1 aliphatic carbocycles. The Morgan fingerprint density at radius 1 is 1.18 bits per heavy atom. The Morgan fingerprint density at radius 2 is 1.95 bits per heavy atom. The number of hydrogen-bond acceptors (Lipinski definition) is 4. The van der Waals surface area contributed by atoms with E-state index in [0.717, 1.165) is 43.4 Å². The number of rotatable bonds is 4. The fraction of sp³-hybridized carbons (Fsp3) is 0.562. The van der Waals surface area contributed by atoms with Gasteiger partial charge in [-0.05, 0) is 43.9 Å². The lowest BCUT2D eigenvalue weighted by Gasteiger charge is -2.30. The molecule has 1 fully saturated rings. The summed E-state index contributed by atoms with van der Waals surface area (Å²) in [6.45, 7) is -2.88. The van der Waals surface area contributed by atoms with Crippen LogP contribution in [0, 0.1) is 0 Å². The molecule has 0 amide bonds. The predicted octanol–water partition coefficient (Wildman–Crippen LogP) is 4.12. The van der Waals surface area contributed by atoms with Gasteiger partial charge in [0.05, 0.1) is 12.8 Å². The van der Waals surface area contributed by atoms with E-state index in [1.807, 2.05) is 0 Å². The molecule has 4 nitrogen and oxygen atoms in total. The van der Waals surface area contributed by atoms with Crippen molar-refractivity contribution in [2.75, 3.05) is 7.11 Å². The topological polar surface area (TPSA) is 40.0 Å². The molecule has 3 rings (SSSR count). The van der Waals surface area contributed by atoms with E-state index in [1.165, 1.54) is 19.6 Å². The minimum absolute atomic E-state index is 0.0214. The zero-order valence-electron chi connectivity index (χ0n) is 12.5. The molecule has 1 saturated carbocycles. The Kier molecular flexibility index (Phi) is 4.18. The maximum atomic E-state index is 12.4. The second-order valence-electron chi connectivity index (χ2n) is 5.79. The molecular formula is C16H19F2NO3. The van der Waals surface area contributed by atoms with Gasteiger partial charge in [0, 0.05) is 12.0 Å². The first-order valence-electron chi connectivity index (χ1n) is 7.50. The highest BCUT2D eigenvalue weighted by atomic mass is 19.3. The Morgan fingerprint density at radius 3 is 2.64 bits per heavy atom. The molecule has 1 aromatic carbocycles. The van der Waals surface area contributed by atoms with Crippen molar-refractivity contribution < 1.29 is 23.1 Å². The maximum Gasteiger partial charge on any atom is 0.387 e. The SMILES string of the molecule is COc1cc(C2=NOC3(CCCCC3)C2)ccc1OC(F)F. The Balaban J connectivity index is 1.78. The molecule has 1 spiro atoms. The highest BCUT2D eigenvalue weighted by Gasteiger charge is 2.40. The van der Waals surface area contributed by atoms with Gasteiger partial charge in [-0.25, -0.2) is 0 Å². The summed E-state index contributed by atoms with van der Waals surface area (Å²) in [4.78, 5) is 5.71. The molecule has 120 valence electrons. The standard InChI is InChI=1S/C16H19F2NO3/c1-20-14-9-11(5-6-13(14)21-15(17)18)12-10-16(22-19-12)7-3-2-4-8-16/h5-6,9,15H,2-4,7-8,10H2,1H3. The predicted molar refractivity (Wildman–Crippen MR) is 77.7 cm³/mol. The van der Waals surface area contributed by atoms with Gasteiger partial charge in [-0.1, -0.05) is 11.6 Å². The van der Waals surface area contributed by atoms with E-state index in [1.54, 1.807) is 12.1 Å². The van der Waals surface area contributed by atoms with Crippen molar-refractivity contribution in [3.8, 4) is 11.5 Å². The van der Waals surface area contributed by atoms with Crippen LogP contribution in [0.2, 0.25) is 0 Å². The number of hydrogen-bond donors (Lipinski definition) is 0. The van der Waals surface area contributed by atoms with E-state index in [2.05, 4.69) is 9.89 Å². The molecule has 0 N–H and O–H groups in total. The number of alkyl halides is 2. The van der Waals surface area contributed by atoms with E-state index in [0.29, 0.717) is 0 Å². The van der Waals surface area contributed by atoms with Crippen molar-refractivity contribution >= 4 is 5.71 Å². The van der Waals surface area contributed by atoms with Gasteiger partial charge in [0.25, 0.3) is 0 Å². The second kappa shape index (κ2) is 6.10. The third kappa shape index (κ3) is 3.00. The average molecular weight is 311 g/mol. The van der Waals surface area contributed by atoms with Crippen molar-refractivity contribution in [2.45, 2.75) is 50.7 Å². The average Bonchev–Trinajstić information content (AvgIpc) is 2.91. The molecule has 1 aromatic rings. The van der Waals surface area contributed by atoms with Crippen LogP contribution in [0.1, 0.15) is 44.1 Å². The third-order valence-corrected chi connectivity index (χ3v) is 4.32. The third-order valence-electron chi connectivity index (χ3n) is 4.32. The van der Waals surface area contributed by atoms with Crippen LogP contribution in [0.25, 0.3) is 0 Å². The number of ether oxygens (including phenoxy) is 2. The minimum atomic E-state index is -2.88. The highest BCUT2D eigenvalue weighted by Crippen LogP contribution is 2.40. The smallest absolute Gasteiger partial charge is 0.387 e. The molecule has 0 radical (unpaired) electrons. The van der Waals surface area contributed by atoms with Gasteiger partial charge in [0.15, 0.2) is 11.5 Å². The van der Waals surface area contributed by atoms with E-state index < -0.39 is 6.61 Å². The van der Waals surface area contributed by atoms with Crippen molar-refractivity contribution in [3.05, 3.63) is 23.8 Å². The lowest BCUT2D eigenvalue weighted by molar-refractivity contribution is -0.0512. The molecular weight excluding hydrogens is 292 g/mol. The molecule has 6 heteroatoms. The monoisotopic (exact) mass is 311 g/mol. The summed E-state index contributed by atoms with van der Waals surface area (Å²) in [7, 11) is 1.42. The number of benzene rings is 1. The fourth-order valence-electron chi connectivity index (χ4n) is 3.18. The summed E-state index contributed by atoms with van der Waals surface area (Å²) < 4.78 is 34.3. The van der Waals surface area contributed by atoms with Gasteiger partial charge < -0.3 is 14.3 Å². The summed E-state index contributed by atoms with van der Waals surface area (Å²) >= 11 is 0. The van der Waals surface area contributed by atoms with Gasteiger partial charge in [-0.15, -0.1) is 0 Å². The van der Waals surface area contributed by atoms with Gasteiger partial charge >= 0.3 is 6.61 Å². The zero-order valence-corrected chi connectivity index (χ0v) is 12.5. The van der Waals surface area contributed by atoms with Crippen molar-refractivity contribution in [3.63, 3.8) is 0 Å². The van der Waals surface area contributed by atoms with Crippen LogP contribution < -0.4 is 9.47 Å². The second-order valence-corrected chi connectivity index (χ2v) is 5.79. The van der Waals surface area contributed by atoms with Gasteiger partial charge in [0.2, 0.25) is 0 Å². The normalized spacial score (nSPS) is 19.9. The first-order valence-corrected chi connectivity index (χ1v) is 7.50. The van der Waals surface area contributed by atoms with E-state index in [4.69, 9.17) is 9.57 Å². The summed E-state index contributed by atoms with van der Waals surface area (Å²) in [6.07, 6.45) is 6.35. The van der Waals surface area contributed by atoms with Gasteiger partial charge in [-0.3, -0.25) is 0 Å².